The third-order valence-electron chi connectivity index (χ3n) is 3.64. The average molecular weight is 342 g/mol. The summed E-state index contributed by atoms with van der Waals surface area (Å²) in [6.45, 7) is -1.22. The normalized spacial score (nSPS) is 19.8. The third kappa shape index (κ3) is 4.24. The molecular weight excluding hydrogens is 328 g/mol. The Balaban J connectivity index is 1.49. The Morgan fingerprint density at radius 1 is 1.29 bits per heavy atom. The second-order valence-corrected chi connectivity index (χ2v) is 5.64. The van der Waals surface area contributed by atoms with Crippen molar-refractivity contribution >= 4 is 11.7 Å². The van der Waals surface area contributed by atoms with Crippen LogP contribution in [-0.4, -0.2) is 28.0 Å². The molecule has 3 rings (SSSR count). The lowest BCUT2D eigenvalue weighted by Crippen LogP contribution is -2.31. The monoisotopic (exact) mass is 342 g/mol. The summed E-state index contributed by atoms with van der Waals surface area (Å²) in [6.07, 6.45) is -1.39. The number of carbonyl (C=O) groups excluding carboxylic acids is 1. The minimum Gasteiger partial charge on any atom is -0.334 e. The second-order valence-electron chi connectivity index (χ2n) is 5.64. The molecule has 2 aromatic rings. The number of hydrogen-bond donors (Lipinski definition) is 2. The Morgan fingerprint density at radius 3 is 2.67 bits per heavy atom. The topological polar surface area (TPSA) is 59.0 Å². The van der Waals surface area contributed by atoms with Gasteiger partial charge in [0.25, 0.3) is 0 Å². The Kier molecular flexibility index (Phi) is 4.16. The van der Waals surface area contributed by atoms with Crippen LogP contribution >= 0.6 is 0 Å². The molecule has 0 unspecified atom stereocenters. The van der Waals surface area contributed by atoms with Gasteiger partial charge < -0.3 is 10.6 Å². The minimum atomic E-state index is -4.37. The van der Waals surface area contributed by atoms with Gasteiger partial charge in [-0.2, -0.15) is 18.3 Å². The molecule has 0 radical (unpaired) electrons. The smallest absolute Gasteiger partial charge is 0.334 e. The quantitative estimate of drug-likeness (QED) is 0.838. The van der Waals surface area contributed by atoms with Gasteiger partial charge in [-0.15, -0.1) is 0 Å². The number of rotatable bonds is 4. The molecule has 1 saturated carbocycles. The summed E-state index contributed by atoms with van der Waals surface area (Å²) in [5, 5.41) is 8.70. The fourth-order valence-corrected chi connectivity index (χ4v) is 2.47. The molecule has 2 atom stereocenters. The van der Waals surface area contributed by atoms with Gasteiger partial charge in [0.15, 0.2) is 0 Å². The van der Waals surface area contributed by atoms with Crippen molar-refractivity contribution in [2.45, 2.75) is 31.1 Å². The van der Waals surface area contributed by atoms with Crippen molar-refractivity contribution in [1.82, 2.24) is 15.1 Å². The maximum absolute atomic E-state index is 12.9. The lowest BCUT2D eigenvalue weighted by molar-refractivity contribution is -0.142. The second kappa shape index (κ2) is 6.14. The van der Waals surface area contributed by atoms with Crippen LogP contribution in [0.3, 0.4) is 0 Å². The molecule has 0 saturated heterocycles. The highest BCUT2D eigenvalue weighted by Crippen LogP contribution is 2.40. The molecule has 2 N–H and O–H groups in total. The van der Waals surface area contributed by atoms with Crippen LogP contribution in [0.5, 0.6) is 0 Å². The largest absolute Gasteiger partial charge is 0.408 e. The summed E-state index contributed by atoms with van der Waals surface area (Å²) in [4.78, 5) is 11.8. The number of alkyl halides is 3. The van der Waals surface area contributed by atoms with Crippen molar-refractivity contribution in [3.63, 3.8) is 0 Å². The van der Waals surface area contributed by atoms with Crippen LogP contribution in [0.1, 0.15) is 17.9 Å². The first-order valence-electron chi connectivity index (χ1n) is 7.22. The molecule has 1 aliphatic rings. The van der Waals surface area contributed by atoms with Crippen LogP contribution in [0.2, 0.25) is 0 Å². The lowest BCUT2D eigenvalue weighted by atomic mass is 10.1. The van der Waals surface area contributed by atoms with E-state index in [2.05, 4.69) is 15.7 Å². The molecule has 1 aromatic heterocycles. The highest BCUT2D eigenvalue weighted by atomic mass is 19.4. The van der Waals surface area contributed by atoms with E-state index >= 15 is 0 Å². The number of urea groups is 1. The number of nitrogens with one attached hydrogen (secondary N) is 2. The number of amides is 2. The maximum Gasteiger partial charge on any atom is 0.408 e. The van der Waals surface area contributed by atoms with E-state index in [0.717, 1.165) is 24.4 Å². The molecule has 9 heteroatoms. The predicted molar refractivity (Wildman–Crippen MR) is 78.0 cm³/mol. The van der Waals surface area contributed by atoms with Gasteiger partial charge in [-0.25, -0.2) is 9.18 Å². The van der Waals surface area contributed by atoms with E-state index < -0.39 is 18.8 Å². The van der Waals surface area contributed by atoms with Gasteiger partial charge >= 0.3 is 12.2 Å². The zero-order chi connectivity index (χ0) is 17.3. The molecule has 24 heavy (non-hydrogen) atoms. The molecule has 0 spiro atoms. The number of aromatic nitrogens is 2. The van der Waals surface area contributed by atoms with Gasteiger partial charge in [-0.1, -0.05) is 12.1 Å². The van der Waals surface area contributed by atoms with Crippen LogP contribution in [0, 0.1) is 5.82 Å². The van der Waals surface area contributed by atoms with E-state index in [4.69, 9.17) is 0 Å². The van der Waals surface area contributed by atoms with Crippen molar-refractivity contribution < 1.29 is 22.4 Å². The predicted octanol–water partition coefficient (Wildman–Crippen LogP) is 3.26. The number of benzene rings is 1. The van der Waals surface area contributed by atoms with E-state index in [1.54, 1.807) is 12.1 Å². The zero-order valence-electron chi connectivity index (χ0n) is 12.3. The number of carbonyl (C=O) groups is 1. The van der Waals surface area contributed by atoms with Crippen molar-refractivity contribution in [3.05, 3.63) is 48.0 Å². The lowest BCUT2D eigenvalue weighted by Gasteiger charge is -2.06. The molecule has 1 aromatic carbocycles. The zero-order valence-corrected chi connectivity index (χ0v) is 12.3. The Morgan fingerprint density at radius 2 is 2.00 bits per heavy atom. The summed E-state index contributed by atoms with van der Waals surface area (Å²) >= 11 is 0. The summed E-state index contributed by atoms with van der Waals surface area (Å²) in [5.41, 5.74) is 1.11. The fourth-order valence-electron chi connectivity index (χ4n) is 2.47. The maximum atomic E-state index is 12.9. The van der Waals surface area contributed by atoms with Gasteiger partial charge in [-0.3, -0.25) is 4.68 Å². The van der Waals surface area contributed by atoms with Gasteiger partial charge in [0.05, 0.1) is 11.9 Å². The third-order valence-corrected chi connectivity index (χ3v) is 3.64. The fraction of sp³-hybridized carbons (Fsp3) is 0.333. The molecule has 1 aliphatic carbocycles. The standard InChI is InChI=1S/C15H14F4N4O/c16-10-3-1-9(2-4-10)12-5-13(12)22-14(24)21-11-6-20-23(7-11)8-15(17,18)19/h1-4,6-7,12-13H,5,8H2,(H2,21,22,24)/t12-,13+/m0/s1. The first kappa shape index (κ1) is 16.3. The first-order chi connectivity index (χ1) is 11.3. The van der Waals surface area contributed by atoms with Crippen molar-refractivity contribution in [1.29, 1.82) is 0 Å². The van der Waals surface area contributed by atoms with E-state index in [1.165, 1.54) is 12.1 Å². The Labute approximate surface area is 134 Å². The molecule has 0 bridgehead atoms. The Bertz CT molecular complexity index is 726. The number of hydrogen-bond acceptors (Lipinski definition) is 2. The van der Waals surface area contributed by atoms with Crippen molar-refractivity contribution in [3.8, 4) is 0 Å². The number of halogens is 4. The van der Waals surface area contributed by atoms with Crippen molar-refractivity contribution in [2.24, 2.45) is 0 Å². The minimum absolute atomic E-state index is 0.0827. The summed E-state index contributed by atoms with van der Waals surface area (Å²) < 4.78 is 50.3. The van der Waals surface area contributed by atoms with Crippen LogP contribution in [0.4, 0.5) is 28.0 Å². The molecule has 2 amide bonds. The molecule has 5 nitrogen and oxygen atoms in total. The van der Waals surface area contributed by atoms with Gasteiger partial charge in [0.1, 0.15) is 12.4 Å². The molecule has 128 valence electrons. The van der Waals surface area contributed by atoms with E-state index in [0.29, 0.717) is 4.68 Å². The highest BCUT2D eigenvalue weighted by molar-refractivity contribution is 5.89. The van der Waals surface area contributed by atoms with E-state index in [1.807, 2.05) is 0 Å². The van der Waals surface area contributed by atoms with Crippen LogP contribution in [0.15, 0.2) is 36.7 Å². The van der Waals surface area contributed by atoms with E-state index in [9.17, 15) is 22.4 Å². The molecule has 1 fully saturated rings. The Hall–Kier alpha value is -2.58. The van der Waals surface area contributed by atoms with Gasteiger partial charge in [0.2, 0.25) is 0 Å². The number of nitrogens with zero attached hydrogens (tertiary/aromatic N) is 2. The van der Waals surface area contributed by atoms with Crippen molar-refractivity contribution in [2.75, 3.05) is 5.32 Å². The number of anilines is 1. The van der Waals surface area contributed by atoms with Crippen LogP contribution in [-0.2, 0) is 6.54 Å². The van der Waals surface area contributed by atoms with Gasteiger partial charge in [0, 0.05) is 18.2 Å². The average Bonchev–Trinajstić information content (AvgIpc) is 3.09. The summed E-state index contributed by atoms with van der Waals surface area (Å²) in [5.74, 6) is -0.207. The van der Waals surface area contributed by atoms with Crippen LogP contribution < -0.4 is 10.6 Å². The molecule has 1 heterocycles. The molecule has 0 aliphatic heterocycles. The molecular formula is C15H14F4N4O. The van der Waals surface area contributed by atoms with Crippen LogP contribution in [0.25, 0.3) is 0 Å². The summed E-state index contributed by atoms with van der Waals surface area (Å²) in [7, 11) is 0. The summed E-state index contributed by atoms with van der Waals surface area (Å²) in [6, 6.07) is 5.46. The first-order valence-corrected chi connectivity index (χ1v) is 7.22. The van der Waals surface area contributed by atoms with E-state index in [-0.39, 0.29) is 23.5 Å². The van der Waals surface area contributed by atoms with Gasteiger partial charge in [-0.05, 0) is 24.1 Å². The SMILES string of the molecule is O=C(Nc1cnn(CC(F)(F)F)c1)N[C@@H]1C[C@H]1c1ccc(F)cc1. The highest BCUT2D eigenvalue weighted by Gasteiger charge is 2.39.